The molecule has 18 heavy (non-hydrogen) atoms. The minimum atomic E-state index is -0.258. The minimum absolute atomic E-state index is 0.258. The van der Waals surface area contributed by atoms with Crippen LogP contribution >= 0.6 is 35.7 Å². The van der Waals surface area contributed by atoms with Crippen molar-refractivity contribution in [3.05, 3.63) is 0 Å². The zero-order valence-electron chi connectivity index (χ0n) is 11.8. The third kappa shape index (κ3) is 10.5. The standard InChI is InChI=1S/C13H27NOS3/c1-4-6-7-11(5-2)8-14-13(16)18-10-12(15)9-17-3/h11-12,15H,4-10H2,1-3H3,(H,14,16). The maximum Gasteiger partial charge on any atom is 0.133 e. The van der Waals surface area contributed by atoms with E-state index in [0.717, 1.165) is 22.5 Å². The highest BCUT2D eigenvalue weighted by molar-refractivity contribution is 8.23. The van der Waals surface area contributed by atoms with E-state index in [-0.39, 0.29) is 6.10 Å². The molecule has 0 fully saturated rings. The molecule has 2 unspecified atom stereocenters. The maximum absolute atomic E-state index is 9.61. The largest absolute Gasteiger partial charge is 0.391 e. The average molecular weight is 310 g/mol. The Morgan fingerprint density at radius 1 is 1.33 bits per heavy atom. The summed E-state index contributed by atoms with van der Waals surface area (Å²) in [5.41, 5.74) is 0. The number of aliphatic hydroxyl groups is 1. The third-order valence-electron chi connectivity index (χ3n) is 2.84. The lowest BCUT2D eigenvalue weighted by molar-refractivity contribution is 0.225. The summed E-state index contributed by atoms with van der Waals surface area (Å²) in [6.45, 7) is 5.44. The fourth-order valence-electron chi connectivity index (χ4n) is 1.63. The fraction of sp³-hybridized carbons (Fsp3) is 0.923. The third-order valence-corrected chi connectivity index (χ3v) is 5.02. The van der Waals surface area contributed by atoms with Crippen LogP contribution in [0.15, 0.2) is 0 Å². The van der Waals surface area contributed by atoms with Gasteiger partial charge in [-0.3, -0.25) is 0 Å². The molecule has 2 nitrogen and oxygen atoms in total. The maximum atomic E-state index is 9.61. The number of nitrogens with one attached hydrogen (secondary N) is 1. The van der Waals surface area contributed by atoms with Crippen molar-refractivity contribution < 1.29 is 5.11 Å². The number of thiocarbonyl (C=S) groups is 1. The number of thioether (sulfide) groups is 2. The first-order chi connectivity index (χ1) is 8.63. The Morgan fingerprint density at radius 2 is 2.06 bits per heavy atom. The van der Waals surface area contributed by atoms with Gasteiger partial charge in [0.05, 0.1) is 6.10 Å². The molecule has 0 bridgehead atoms. The van der Waals surface area contributed by atoms with Crippen LogP contribution in [-0.4, -0.2) is 39.8 Å². The monoisotopic (exact) mass is 309 g/mol. The van der Waals surface area contributed by atoms with Crippen LogP contribution in [0.25, 0.3) is 0 Å². The molecule has 0 aromatic heterocycles. The first-order valence-electron chi connectivity index (χ1n) is 6.71. The van der Waals surface area contributed by atoms with E-state index in [1.165, 1.54) is 25.7 Å². The Hall–Kier alpha value is 0.550. The van der Waals surface area contributed by atoms with E-state index in [2.05, 4.69) is 19.2 Å². The van der Waals surface area contributed by atoms with Gasteiger partial charge in [-0.05, 0) is 18.6 Å². The van der Waals surface area contributed by atoms with Gasteiger partial charge in [0.2, 0.25) is 0 Å². The molecule has 0 radical (unpaired) electrons. The molecule has 0 aromatic carbocycles. The molecule has 0 aliphatic heterocycles. The smallest absolute Gasteiger partial charge is 0.133 e. The van der Waals surface area contributed by atoms with Crippen molar-refractivity contribution in [1.82, 2.24) is 5.32 Å². The minimum Gasteiger partial charge on any atom is -0.391 e. The zero-order chi connectivity index (χ0) is 13.8. The van der Waals surface area contributed by atoms with Crippen LogP contribution in [-0.2, 0) is 0 Å². The van der Waals surface area contributed by atoms with Crippen LogP contribution in [0.3, 0.4) is 0 Å². The highest BCUT2D eigenvalue weighted by atomic mass is 32.2. The fourth-order valence-corrected chi connectivity index (χ4v) is 3.22. The van der Waals surface area contributed by atoms with Crippen LogP contribution in [0.4, 0.5) is 0 Å². The number of rotatable bonds is 10. The van der Waals surface area contributed by atoms with E-state index in [1.807, 2.05) is 6.26 Å². The summed E-state index contributed by atoms with van der Waals surface area (Å²) in [6, 6.07) is 0. The number of unbranched alkanes of at least 4 members (excludes halogenated alkanes) is 1. The summed E-state index contributed by atoms with van der Waals surface area (Å²) in [6.07, 6.45) is 6.79. The van der Waals surface area contributed by atoms with Gasteiger partial charge in [0.1, 0.15) is 4.32 Å². The number of hydrogen-bond donors (Lipinski definition) is 2. The second kappa shape index (κ2) is 12.6. The van der Waals surface area contributed by atoms with Gasteiger partial charge in [-0.15, -0.1) is 0 Å². The molecule has 0 heterocycles. The van der Waals surface area contributed by atoms with E-state index in [9.17, 15) is 5.11 Å². The highest BCUT2D eigenvalue weighted by Crippen LogP contribution is 2.13. The lowest BCUT2D eigenvalue weighted by Crippen LogP contribution is -2.27. The molecule has 0 aliphatic carbocycles. The van der Waals surface area contributed by atoms with Crippen molar-refractivity contribution >= 4 is 40.1 Å². The molecule has 0 rings (SSSR count). The molecule has 5 heteroatoms. The Labute approximate surface area is 126 Å². The lowest BCUT2D eigenvalue weighted by Gasteiger charge is -2.16. The SMILES string of the molecule is CCCCC(CC)CNC(=S)SCC(O)CSC. The molecule has 2 atom stereocenters. The highest BCUT2D eigenvalue weighted by Gasteiger charge is 2.08. The molecule has 108 valence electrons. The predicted octanol–water partition coefficient (Wildman–Crippen LogP) is 3.53. The molecular weight excluding hydrogens is 282 g/mol. The summed E-state index contributed by atoms with van der Waals surface area (Å²) >= 11 is 8.49. The van der Waals surface area contributed by atoms with Crippen molar-refractivity contribution in [2.45, 2.75) is 45.6 Å². The quantitative estimate of drug-likeness (QED) is 0.603. The van der Waals surface area contributed by atoms with E-state index in [0.29, 0.717) is 5.75 Å². The molecule has 2 N–H and O–H groups in total. The Morgan fingerprint density at radius 3 is 2.61 bits per heavy atom. The van der Waals surface area contributed by atoms with Gasteiger partial charge in [-0.25, -0.2) is 0 Å². The van der Waals surface area contributed by atoms with Gasteiger partial charge in [-0.2, -0.15) is 11.8 Å². The van der Waals surface area contributed by atoms with Crippen LogP contribution in [0, 0.1) is 5.92 Å². The normalized spacial score (nSPS) is 14.2. The number of aliphatic hydroxyl groups excluding tert-OH is 1. The van der Waals surface area contributed by atoms with Crippen molar-refractivity contribution in [2.75, 3.05) is 24.3 Å². The summed E-state index contributed by atoms with van der Waals surface area (Å²) in [5, 5.41) is 12.9. The van der Waals surface area contributed by atoms with E-state index in [1.54, 1.807) is 23.5 Å². The van der Waals surface area contributed by atoms with Crippen LogP contribution in [0.5, 0.6) is 0 Å². The van der Waals surface area contributed by atoms with Crippen molar-refractivity contribution in [1.29, 1.82) is 0 Å². The first kappa shape index (κ1) is 18.6. The van der Waals surface area contributed by atoms with Gasteiger partial charge in [-0.1, -0.05) is 57.1 Å². The van der Waals surface area contributed by atoms with Crippen LogP contribution in [0.2, 0.25) is 0 Å². The zero-order valence-corrected chi connectivity index (χ0v) is 14.2. The number of hydrogen-bond acceptors (Lipinski definition) is 4. The van der Waals surface area contributed by atoms with Gasteiger partial charge in [0.15, 0.2) is 0 Å². The first-order valence-corrected chi connectivity index (χ1v) is 9.50. The van der Waals surface area contributed by atoms with Gasteiger partial charge < -0.3 is 10.4 Å². The predicted molar refractivity (Wildman–Crippen MR) is 90.8 cm³/mol. The molecule has 0 saturated heterocycles. The van der Waals surface area contributed by atoms with Crippen LogP contribution in [0.1, 0.15) is 39.5 Å². The van der Waals surface area contributed by atoms with E-state index >= 15 is 0 Å². The van der Waals surface area contributed by atoms with E-state index < -0.39 is 0 Å². The summed E-state index contributed by atoms with van der Waals surface area (Å²) < 4.78 is 0.824. The lowest BCUT2D eigenvalue weighted by atomic mass is 10.00. The Balaban J connectivity index is 3.67. The van der Waals surface area contributed by atoms with Crippen LogP contribution < -0.4 is 5.32 Å². The summed E-state index contributed by atoms with van der Waals surface area (Å²) in [5.74, 6) is 2.20. The molecule has 0 aliphatic rings. The summed E-state index contributed by atoms with van der Waals surface area (Å²) in [4.78, 5) is 0. The van der Waals surface area contributed by atoms with Crippen molar-refractivity contribution in [3.63, 3.8) is 0 Å². The Kier molecular flexibility index (Phi) is 13.0. The molecular formula is C13H27NOS3. The van der Waals surface area contributed by atoms with E-state index in [4.69, 9.17) is 12.2 Å². The van der Waals surface area contributed by atoms with Gasteiger partial charge in [0, 0.05) is 18.1 Å². The second-order valence-electron chi connectivity index (χ2n) is 4.51. The van der Waals surface area contributed by atoms with Gasteiger partial charge >= 0.3 is 0 Å². The molecule has 0 spiro atoms. The summed E-state index contributed by atoms with van der Waals surface area (Å²) in [7, 11) is 0. The molecule has 0 saturated carbocycles. The van der Waals surface area contributed by atoms with Gasteiger partial charge in [0.25, 0.3) is 0 Å². The van der Waals surface area contributed by atoms with Crippen molar-refractivity contribution in [3.8, 4) is 0 Å². The van der Waals surface area contributed by atoms with Crippen molar-refractivity contribution in [2.24, 2.45) is 5.92 Å². The topological polar surface area (TPSA) is 32.3 Å². The molecule has 0 aromatic rings. The Bertz CT molecular complexity index is 214. The second-order valence-corrected chi connectivity index (χ2v) is 7.11. The molecule has 0 amide bonds. The average Bonchev–Trinajstić information content (AvgIpc) is 2.37.